The minimum atomic E-state index is -3.04. The molecule has 3 heterocycles. The number of allylic oxidation sites excluding steroid dienone is 3. The van der Waals surface area contributed by atoms with Gasteiger partial charge in [-0.2, -0.15) is 0 Å². The van der Waals surface area contributed by atoms with Crippen LogP contribution in [0, 0.1) is 11.8 Å². The molecule has 2 saturated heterocycles. The van der Waals surface area contributed by atoms with Crippen molar-refractivity contribution in [3.05, 3.63) is 83.0 Å². The van der Waals surface area contributed by atoms with Crippen molar-refractivity contribution >= 4 is 37.4 Å². The van der Waals surface area contributed by atoms with Gasteiger partial charge in [-0.1, -0.05) is 60.6 Å². The first-order chi connectivity index (χ1) is 24.8. The summed E-state index contributed by atoms with van der Waals surface area (Å²) >= 11 is 0. The van der Waals surface area contributed by atoms with E-state index in [0.717, 1.165) is 37.8 Å². The van der Waals surface area contributed by atoms with Gasteiger partial charge in [0.05, 0.1) is 30.7 Å². The zero-order chi connectivity index (χ0) is 37.6. The summed E-state index contributed by atoms with van der Waals surface area (Å²) in [6.45, 7) is 14.1. The van der Waals surface area contributed by atoms with Crippen molar-refractivity contribution in [1.82, 2.24) is 10.2 Å². The van der Waals surface area contributed by atoms with Crippen molar-refractivity contribution < 1.29 is 29.0 Å². The van der Waals surface area contributed by atoms with Gasteiger partial charge >= 0.3 is 0 Å². The molecule has 3 aliphatic heterocycles. The monoisotopic (exact) mass is 730 g/mol. The van der Waals surface area contributed by atoms with Gasteiger partial charge in [-0.15, -0.1) is 0 Å². The van der Waals surface area contributed by atoms with E-state index < -0.39 is 31.5 Å². The van der Waals surface area contributed by atoms with Gasteiger partial charge in [0.15, 0.2) is 13.9 Å². The van der Waals surface area contributed by atoms with Gasteiger partial charge in [-0.05, 0) is 89.9 Å². The fourth-order valence-electron chi connectivity index (χ4n) is 8.31. The number of benzene rings is 2. The molecule has 1 unspecified atom stereocenters. The Bertz CT molecular complexity index is 1650. The first-order valence-corrected chi connectivity index (χ1v) is 21.9. The van der Waals surface area contributed by atoms with Crippen LogP contribution in [0.3, 0.4) is 0 Å². The third kappa shape index (κ3) is 8.77. The molecule has 282 valence electrons. The second-order valence-electron chi connectivity index (χ2n) is 15.6. The highest BCUT2D eigenvalue weighted by atomic mass is 28.4. The molecule has 5 atom stereocenters. The van der Waals surface area contributed by atoms with E-state index in [1.165, 1.54) is 11.1 Å². The molecule has 3 aliphatic rings. The molecule has 52 heavy (non-hydrogen) atoms. The average Bonchev–Trinajstić information content (AvgIpc) is 3.53. The molecule has 4 N–H and O–H groups in total. The average molecular weight is 731 g/mol. The Hall–Kier alpha value is -3.61. The first kappa shape index (κ1) is 39.6. The van der Waals surface area contributed by atoms with Gasteiger partial charge < -0.3 is 35.1 Å². The van der Waals surface area contributed by atoms with Crippen molar-refractivity contribution in [3.63, 3.8) is 0 Å². The maximum absolute atomic E-state index is 14.9. The van der Waals surface area contributed by atoms with Crippen LogP contribution in [0.25, 0.3) is 0 Å². The number of rotatable bonds is 14. The second kappa shape index (κ2) is 17.0. The molecule has 0 aliphatic carbocycles. The summed E-state index contributed by atoms with van der Waals surface area (Å²) in [4.78, 5) is 57.5. The number of ether oxygens (including phenoxy) is 1. The van der Waals surface area contributed by atoms with E-state index >= 15 is 0 Å². The van der Waals surface area contributed by atoms with Crippen molar-refractivity contribution in [2.45, 2.75) is 96.7 Å². The highest BCUT2D eigenvalue weighted by Gasteiger charge is 2.66. The van der Waals surface area contributed by atoms with E-state index in [1.54, 1.807) is 9.80 Å². The van der Waals surface area contributed by atoms with Crippen LogP contribution in [0.15, 0.2) is 71.8 Å². The van der Waals surface area contributed by atoms with Gasteiger partial charge in [-0.3, -0.25) is 14.4 Å². The largest absolute Gasteiger partial charge is 0.432 e. The Morgan fingerprint density at radius 3 is 2.54 bits per heavy atom. The summed E-state index contributed by atoms with van der Waals surface area (Å²) in [5, 5.41) is 16.3. The fourth-order valence-corrected chi connectivity index (χ4v) is 10.9. The molecule has 0 bridgehead atoms. The number of carbonyl (C=O) groups excluding carboxylic acids is 3. The van der Waals surface area contributed by atoms with E-state index in [1.807, 2.05) is 68.5 Å². The minimum absolute atomic E-state index is 0.0440. The number of hydrogen-bond donors (Lipinski definition) is 4. The quantitative estimate of drug-likeness (QED) is 0.141. The molecule has 1 spiro atoms. The lowest BCUT2D eigenvalue weighted by molar-refractivity contribution is -0.149. The maximum Gasteiger partial charge on any atom is 0.264 e. The summed E-state index contributed by atoms with van der Waals surface area (Å²) in [5.74, 6) is -1.11. The van der Waals surface area contributed by atoms with Gasteiger partial charge in [-0.25, -0.2) is 0 Å². The molecule has 2 fully saturated rings. The minimum Gasteiger partial charge on any atom is -0.432 e. The van der Waals surface area contributed by atoms with Crippen molar-refractivity contribution in [1.29, 1.82) is 0 Å². The third-order valence-electron chi connectivity index (χ3n) is 10.9. The number of amides is 3. The molecular weight excluding hydrogens is 673 g/mol. The Balaban J connectivity index is 1.50. The number of anilines is 2. The molecule has 0 radical (unpaired) electrons. The molecule has 0 aromatic heterocycles. The Morgan fingerprint density at radius 2 is 1.88 bits per heavy atom. The van der Waals surface area contributed by atoms with Crippen LogP contribution in [0.2, 0.25) is 18.6 Å². The van der Waals surface area contributed by atoms with E-state index in [0.29, 0.717) is 36.6 Å². The van der Waals surface area contributed by atoms with Crippen molar-refractivity contribution in [3.8, 4) is 0 Å². The summed E-state index contributed by atoms with van der Waals surface area (Å²) in [6, 6.07) is 15.2. The van der Waals surface area contributed by atoms with Gasteiger partial charge in [0.2, 0.25) is 11.8 Å². The highest BCUT2D eigenvalue weighted by molar-refractivity contribution is 6.71. The zero-order valence-corrected chi connectivity index (χ0v) is 32.8. The van der Waals surface area contributed by atoms with E-state index in [-0.39, 0.29) is 43.2 Å². The number of nitrogens with zero attached hydrogens (tertiary/aromatic N) is 2. The Labute approximate surface area is 310 Å². The summed E-state index contributed by atoms with van der Waals surface area (Å²) in [6.07, 6.45) is 7.06. The summed E-state index contributed by atoms with van der Waals surface area (Å²) in [5.41, 5.74) is 3.40. The predicted molar refractivity (Wildman–Crippen MR) is 208 cm³/mol. The van der Waals surface area contributed by atoms with Crippen LogP contribution in [0.1, 0.15) is 70.9 Å². The Kier molecular flexibility index (Phi) is 13.0. The standard InChI is InChI=1S/C41H58N4O6Si/c1-28(2)12-10-13-29(3)19-21-45-35-18-17-33(43-39(48)32-16-11-20-42-26-32)24-34(35)41(40(45)49)30(4)38(52(5,6)50)36(51-41)25-37(47)44(22-23-46)27-31-14-8-7-9-15-31/h7-9,12,14-15,17-19,24,30,32,36,38,42,46,50H,10-11,13,16,20-23,25-27H2,1-6H3,(H,43,48)/b29-19+/t30-,32?,36+,38-,41+/m0/s1. The van der Waals surface area contributed by atoms with Crippen molar-refractivity contribution in [2.24, 2.45) is 11.8 Å². The number of fused-ring (bicyclic) bond motifs is 2. The highest BCUT2D eigenvalue weighted by Crippen LogP contribution is 2.60. The Morgan fingerprint density at radius 1 is 1.13 bits per heavy atom. The van der Waals surface area contributed by atoms with Crippen LogP contribution >= 0.6 is 0 Å². The van der Waals surface area contributed by atoms with Crippen molar-refractivity contribution in [2.75, 3.05) is 43.0 Å². The number of nitrogens with one attached hydrogen (secondary N) is 2. The molecule has 0 saturated carbocycles. The van der Waals surface area contributed by atoms with Crippen LogP contribution in [0.5, 0.6) is 0 Å². The number of piperidine rings is 1. The fraction of sp³-hybridized carbons (Fsp3) is 0.537. The smallest absolute Gasteiger partial charge is 0.264 e. The van der Waals surface area contributed by atoms with Crippen LogP contribution in [-0.2, 0) is 31.3 Å². The third-order valence-corrected chi connectivity index (χ3v) is 13.5. The first-order valence-electron chi connectivity index (χ1n) is 18.9. The van der Waals surface area contributed by atoms with Gasteiger partial charge in [0.25, 0.3) is 5.91 Å². The number of hydrogen-bond acceptors (Lipinski definition) is 7. The molecule has 2 aromatic rings. The van der Waals surface area contributed by atoms with E-state index in [9.17, 15) is 24.3 Å². The summed E-state index contributed by atoms with van der Waals surface area (Å²) < 4.78 is 6.98. The molecule has 2 aromatic carbocycles. The number of carbonyl (C=O) groups is 3. The van der Waals surface area contributed by atoms with E-state index in [2.05, 4.69) is 43.6 Å². The predicted octanol–water partition coefficient (Wildman–Crippen LogP) is 5.87. The lowest BCUT2D eigenvalue weighted by atomic mass is 9.82. The van der Waals surface area contributed by atoms with Crippen LogP contribution in [-0.4, -0.2) is 79.7 Å². The summed E-state index contributed by atoms with van der Waals surface area (Å²) in [7, 11) is -3.04. The van der Waals surface area contributed by atoms with Gasteiger partial charge in [0, 0.05) is 48.9 Å². The molecule has 11 heteroatoms. The van der Waals surface area contributed by atoms with Crippen LogP contribution in [0.4, 0.5) is 11.4 Å². The molecule has 5 rings (SSSR count). The van der Waals surface area contributed by atoms with Crippen LogP contribution < -0.4 is 15.5 Å². The second-order valence-corrected chi connectivity index (χ2v) is 19.6. The van der Waals surface area contributed by atoms with E-state index in [4.69, 9.17) is 4.74 Å². The topological polar surface area (TPSA) is 131 Å². The zero-order valence-electron chi connectivity index (χ0n) is 31.8. The normalized spacial score (nSPS) is 24.6. The SMILES string of the molecule is CC(C)=CCC/C(C)=C/CN1C(=O)[C@]2(O[C@H](CC(=O)N(CCO)Cc3ccccc3)[C@@H]([Si](C)(C)O)[C@@H]2C)c2cc(NC(=O)C3CCCNC3)ccc21. The molecule has 10 nitrogen and oxygen atoms in total. The van der Waals surface area contributed by atoms with Gasteiger partial charge in [0.1, 0.15) is 0 Å². The lowest BCUT2D eigenvalue weighted by Gasteiger charge is -2.32. The lowest BCUT2D eigenvalue weighted by Crippen LogP contribution is -2.46. The molecule has 3 amide bonds. The number of aliphatic hydroxyl groups is 1. The number of aliphatic hydroxyl groups excluding tert-OH is 1. The molecular formula is C41H58N4O6Si. The maximum atomic E-state index is 14.9.